The van der Waals surface area contributed by atoms with Crippen LogP contribution in [0.2, 0.25) is 0 Å². The van der Waals surface area contributed by atoms with Crippen LogP contribution in [-0.2, 0) is 4.74 Å². The van der Waals surface area contributed by atoms with Gasteiger partial charge in [0.2, 0.25) is 0 Å². The first-order chi connectivity index (χ1) is 5.40. The zero-order chi connectivity index (χ0) is 7.68. The standard InChI is InChI=1S/C10H16O/c1-2-8-3-5-9(6-4-8)10-7-11-10/h2,8-10H,1,3-7H2/t8?,9?,10-/m0/s1. The molecule has 0 unspecified atom stereocenters. The highest BCUT2D eigenvalue weighted by Gasteiger charge is 2.34. The molecule has 1 saturated heterocycles. The smallest absolute Gasteiger partial charge is 0.0838 e. The van der Waals surface area contributed by atoms with Crippen molar-refractivity contribution in [2.24, 2.45) is 11.8 Å². The maximum Gasteiger partial charge on any atom is 0.0838 e. The SMILES string of the molecule is C=CC1CCC([C@@H]2CO2)CC1. The average molecular weight is 152 g/mol. The van der Waals surface area contributed by atoms with E-state index in [9.17, 15) is 0 Å². The van der Waals surface area contributed by atoms with Crippen LogP contribution in [0.25, 0.3) is 0 Å². The van der Waals surface area contributed by atoms with E-state index in [2.05, 4.69) is 12.7 Å². The van der Waals surface area contributed by atoms with Gasteiger partial charge in [-0.05, 0) is 37.5 Å². The fraction of sp³-hybridized carbons (Fsp3) is 0.800. The largest absolute Gasteiger partial charge is 0.373 e. The molecule has 1 aliphatic carbocycles. The van der Waals surface area contributed by atoms with Crippen molar-refractivity contribution in [1.82, 2.24) is 0 Å². The molecule has 0 amide bonds. The molecule has 1 atom stereocenters. The lowest BCUT2D eigenvalue weighted by molar-refractivity contribution is 0.243. The molecule has 0 N–H and O–H groups in total. The van der Waals surface area contributed by atoms with E-state index in [0.717, 1.165) is 18.4 Å². The van der Waals surface area contributed by atoms with E-state index in [1.54, 1.807) is 0 Å². The van der Waals surface area contributed by atoms with Crippen molar-refractivity contribution in [3.63, 3.8) is 0 Å². The van der Waals surface area contributed by atoms with Crippen LogP contribution in [0.5, 0.6) is 0 Å². The molecule has 1 saturated carbocycles. The predicted molar refractivity (Wildman–Crippen MR) is 45.4 cm³/mol. The van der Waals surface area contributed by atoms with Crippen molar-refractivity contribution in [1.29, 1.82) is 0 Å². The fourth-order valence-electron chi connectivity index (χ4n) is 2.08. The van der Waals surface area contributed by atoms with E-state index in [-0.39, 0.29) is 0 Å². The number of allylic oxidation sites excluding steroid dienone is 1. The number of ether oxygens (including phenoxy) is 1. The van der Waals surface area contributed by atoms with Gasteiger partial charge in [-0.2, -0.15) is 0 Å². The Labute approximate surface area is 68.4 Å². The summed E-state index contributed by atoms with van der Waals surface area (Å²) in [6.07, 6.45) is 8.16. The van der Waals surface area contributed by atoms with Crippen LogP contribution in [0.15, 0.2) is 12.7 Å². The second-order valence-electron chi connectivity index (χ2n) is 3.78. The molecule has 0 aromatic heterocycles. The minimum absolute atomic E-state index is 0.640. The van der Waals surface area contributed by atoms with Gasteiger partial charge in [0.25, 0.3) is 0 Å². The maximum atomic E-state index is 5.29. The van der Waals surface area contributed by atoms with Crippen molar-refractivity contribution in [2.75, 3.05) is 6.61 Å². The lowest BCUT2D eigenvalue weighted by Gasteiger charge is -2.24. The van der Waals surface area contributed by atoms with E-state index in [1.807, 2.05) is 0 Å². The monoisotopic (exact) mass is 152 g/mol. The zero-order valence-corrected chi connectivity index (χ0v) is 6.96. The molecular weight excluding hydrogens is 136 g/mol. The van der Waals surface area contributed by atoms with Gasteiger partial charge in [0.05, 0.1) is 12.7 Å². The molecule has 11 heavy (non-hydrogen) atoms. The van der Waals surface area contributed by atoms with Crippen molar-refractivity contribution < 1.29 is 4.74 Å². The predicted octanol–water partition coefficient (Wildman–Crippen LogP) is 2.38. The molecule has 1 nitrogen and oxygen atoms in total. The Balaban J connectivity index is 1.79. The molecule has 2 rings (SSSR count). The van der Waals surface area contributed by atoms with Gasteiger partial charge in [0, 0.05) is 0 Å². The lowest BCUT2D eigenvalue weighted by Crippen LogP contribution is -2.17. The van der Waals surface area contributed by atoms with Crippen molar-refractivity contribution in [3.8, 4) is 0 Å². The summed E-state index contributed by atoms with van der Waals surface area (Å²) in [4.78, 5) is 0. The Hall–Kier alpha value is -0.300. The summed E-state index contributed by atoms with van der Waals surface area (Å²) >= 11 is 0. The topological polar surface area (TPSA) is 12.5 Å². The molecule has 1 heterocycles. The number of hydrogen-bond acceptors (Lipinski definition) is 1. The second kappa shape index (κ2) is 2.98. The third-order valence-electron chi connectivity index (χ3n) is 3.03. The van der Waals surface area contributed by atoms with E-state index in [0.29, 0.717) is 6.10 Å². The van der Waals surface area contributed by atoms with Crippen LogP contribution in [0, 0.1) is 11.8 Å². The zero-order valence-electron chi connectivity index (χ0n) is 6.96. The van der Waals surface area contributed by atoms with Gasteiger partial charge in [-0.25, -0.2) is 0 Å². The summed E-state index contributed by atoms with van der Waals surface area (Å²) in [5.74, 6) is 1.68. The highest BCUT2D eigenvalue weighted by Crippen LogP contribution is 2.36. The summed E-state index contributed by atoms with van der Waals surface area (Å²) in [6, 6.07) is 0. The first-order valence-corrected chi connectivity index (χ1v) is 4.64. The minimum atomic E-state index is 0.640. The maximum absolute atomic E-state index is 5.29. The van der Waals surface area contributed by atoms with Gasteiger partial charge < -0.3 is 4.74 Å². The lowest BCUT2D eigenvalue weighted by atomic mass is 9.81. The summed E-state index contributed by atoms with van der Waals surface area (Å²) in [5, 5.41) is 0. The first kappa shape index (κ1) is 7.35. The summed E-state index contributed by atoms with van der Waals surface area (Å²) < 4.78 is 5.29. The molecule has 2 aliphatic rings. The average Bonchev–Trinajstić information content (AvgIpc) is 2.87. The van der Waals surface area contributed by atoms with Gasteiger partial charge in [0.1, 0.15) is 0 Å². The Morgan fingerprint density at radius 1 is 1.18 bits per heavy atom. The molecule has 0 radical (unpaired) electrons. The van der Waals surface area contributed by atoms with Gasteiger partial charge in [-0.1, -0.05) is 6.08 Å². The summed E-state index contributed by atoms with van der Waals surface area (Å²) in [7, 11) is 0. The Morgan fingerprint density at radius 3 is 2.27 bits per heavy atom. The highest BCUT2D eigenvalue weighted by atomic mass is 16.6. The van der Waals surface area contributed by atoms with Crippen LogP contribution < -0.4 is 0 Å². The van der Waals surface area contributed by atoms with E-state index in [4.69, 9.17) is 4.74 Å². The summed E-state index contributed by atoms with van der Waals surface area (Å²) in [6.45, 7) is 4.87. The third kappa shape index (κ3) is 1.64. The third-order valence-corrected chi connectivity index (χ3v) is 3.03. The molecule has 0 aromatic carbocycles. The van der Waals surface area contributed by atoms with Gasteiger partial charge in [-0.3, -0.25) is 0 Å². The first-order valence-electron chi connectivity index (χ1n) is 4.64. The molecular formula is C10H16O. The number of epoxide rings is 1. The van der Waals surface area contributed by atoms with Crippen LogP contribution in [0.1, 0.15) is 25.7 Å². The Bertz CT molecular complexity index is 141. The second-order valence-corrected chi connectivity index (χ2v) is 3.78. The minimum Gasteiger partial charge on any atom is -0.373 e. The van der Waals surface area contributed by atoms with E-state index >= 15 is 0 Å². The van der Waals surface area contributed by atoms with E-state index in [1.165, 1.54) is 25.7 Å². The van der Waals surface area contributed by atoms with Crippen LogP contribution >= 0.6 is 0 Å². The number of rotatable bonds is 2. The molecule has 62 valence electrons. The molecule has 0 bridgehead atoms. The normalized spacial score (nSPS) is 43.5. The van der Waals surface area contributed by atoms with Crippen molar-refractivity contribution in [2.45, 2.75) is 31.8 Å². The molecule has 1 aliphatic heterocycles. The Morgan fingerprint density at radius 2 is 1.82 bits per heavy atom. The van der Waals surface area contributed by atoms with Gasteiger partial charge in [0.15, 0.2) is 0 Å². The quantitative estimate of drug-likeness (QED) is 0.437. The molecule has 2 fully saturated rings. The highest BCUT2D eigenvalue weighted by molar-refractivity contribution is 4.88. The van der Waals surface area contributed by atoms with Gasteiger partial charge in [-0.15, -0.1) is 6.58 Å². The number of hydrogen-bond donors (Lipinski definition) is 0. The molecule has 1 heteroatoms. The van der Waals surface area contributed by atoms with Crippen LogP contribution in [0.3, 0.4) is 0 Å². The van der Waals surface area contributed by atoms with E-state index < -0.39 is 0 Å². The summed E-state index contributed by atoms with van der Waals surface area (Å²) in [5.41, 5.74) is 0. The Kier molecular flexibility index (Phi) is 1.99. The van der Waals surface area contributed by atoms with Crippen molar-refractivity contribution >= 4 is 0 Å². The van der Waals surface area contributed by atoms with Crippen LogP contribution in [-0.4, -0.2) is 12.7 Å². The molecule has 0 spiro atoms. The fourth-order valence-corrected chi connectivity index (χ4v) is 2.08. The van der Waals surface area contributed by atoms with Gasteiger partial charge >= 0.3 is 0 Å². The van der Waals surface area contributed by atoms with Crippen LogP contribution in [0.4, 0.5) is 0 Å². The molecule has 0 aromatic rings. The van der Waals surface area contributed by atoms with Crippen molar-refractivity contribution in [3.05, 3.63) is 12.7 Å².